The van der Waals surface area contributed by atoms with E-state index in [2.05, 4.69) is 83.0 Å². The van der Waals surface area contributed by atoms with Crippen LogP contribution in [0.2, 0.25) is 0 Å². The van der Waals surface area contributed by atoms with E-state index in [1.807, 2.05) is 30.0 Å². The molecule has 1 aliphatic heterocycles. The Labute approximate surface area is 179 Å². The summed E-state index contributed by atoms with van der Waals surface area (Å²) in [5, 5.41) is 2.20. The van der Waals surface area contributed by atoms with Gasteiger partial charge in [-0.25, -0.2) is 0 Å². The molecule has 2 N–H and O–H groups in total. The molecule has 4 nitrogen and oxygen atoms in total. The van der Waals surface area contributed by atoms with Gasteiger partial charge in [0.25, 0.3) is 5.91 Å². The molecule has 3 aromatic carbocycles. The number of para-hydroxylation sites is 1. The zero-order valence-electron chi connectivity index (χ0n) is 17.5. The zero-order chi connectivity index (χ0) is 20.8. The van der Waals surface area contributed by atoms with Crippen molar-refractivity contribution in [1.29, 1.82) is 0 Å². The summed E-state index contributed by atoms with van der Waals surface area (Å²) in [6, 6.07) is 31.3. The van der Waals surface area contributed by atoms with Gasteiger partial charge in [-0.1, -0.05) is 78.9 Å². The molecular weight excluding hydrogens is 370 g/mol. The van der Waals surface area contributed by atoms with E-state index in [9.17, 15) is 4.79 Å². The Hall–Kier alpha value is -3.11. The molecule has 1 amide bonds. The van der Waals surface area contributed by atoms with Gasteiger partial charge in [-0.05, 0) is 19.1 Å². The molecular formula is C26H30N3O+. The molecule has 0 bridgehead atoms. The molecule has 154 valence electrons. The highest BCUT2D eigenvalue weighted by atomic mass is 16.2. The number of benzene rings is 3. The molecule has 1 atom stereocenters. The number of rotatable bonds is 6. The number of carbonyl (C=O) groups is 1. The number of hydrogen-bond acceptors (Lipinski definition) is 2. The second kappa shape index (κ2) is 9.59. The maximum Gasteiger partial charge on any atom is 0.280 e. The van der Waals surface area contributed by atoms with Crippen LogP contribution in [0.15, 0.2) is 91.0 Å². The summed E-state index contributed by atoms with van der Waals surface area (Å²) in [5.74, 6) is 0.222. The first-order chi connectivity index (χ1) is 14.7. The summed E-state index contributed by atoms with van der Waals surface area (Å²) in [7, 11) is 0. The molecule has 0 aromatic heterocycles. The molecule has 0 saturated carbocycles. The lowest BCUT2D eigenvalue weighted by atomic mass is 9.98. The quantitative estimate of drug-likeness (QED) is 0.691. The second-order valence-corrected chi connectivity index (χ2v) is 7.93. The monoisotopic (exact) mass is 400 g/mol. The molecule has 0 aliphatic carbocycles. The summed E-state index contributed by atoms with van der Waals surface area (Å²) in [6.07, 6.45) is 0. The van der Waals surface area contributed by atoms with Gasteiger partial charge in [0, 0.05) is 43.0 Å². The van der Waals surface area contributed by atoms with Crippen LogP contribution in [-0.2, 0) is 4.79 Å². The Morgan fingerprint density at radius 1 is 0.733 bits per heavy atom. The van der Waals surface area contributed by atoms with E-state index in [1.165, 1.54) is 16.8 Å². The van der Waals surface area contributed by atoms with Crippen molar-refractivity contribution in [3.05, 3.63) is 102 Å². The molecule has 0 unspecified atom stereocenters. The predicted octanol–water partition coefficient (Wildman–Crippen LogP) is 3.08. The van der Waals surface area contributed by atoms with Gasteiger partial charge in [0.1, 0.15) is 6.04 Å². The summed E-state index contributed by atoms with van der Waals surface area (Å²) in [6.45, 7) is 5.33. The first-order valence-electron chi connectivity index (χ1n) is 10.8. The van der Waals surface area contributed by atoms with Crippen LogP contribution in [0.1, 0.15) is 24.1 Å². The van der Waals surface area contributed by atoms with Gasteiger partial charge in [-0.15, -0.1) is 0 Å². The van der Waals surface area contributed by atoms with Gasteiger partial charge in [0.2, 0.25) is 0 Å². The van der Waals surface area contributed by atoms with Gasteiger partial charge >= 0.3 is 0 Å². The SMILES string of the molecule is C[C@H]([NH2+]C(c1ccccc1)c1ccccc1)C(=O)N1CCN(c2ccccc2)CC1. The van der Waals surface area contributed by atoms with Crippen LogP contribution in [0.3, 0.4) is 0 Å². The van der Waals surface area contributed by atoms with Crippen molar-refractivity contribution in [1.82, 2.24) is 4.90 Å². The topological polar surface area (TPSA) is 40.2 Å². The van der Waals surface area contributed by atoms with Crippen LogP contribution in [-0.4, -0.2) is 43.0 Å². The van der Waals surface area contributed by atoms with E-state index in [0.29, 0.717) is 0 Å². The first kappa shape index (κ1) is 20.2. The van der Waals surface area contributed by atoms with Crippen LogP contribution in [0.4, 0.5) is 5.69 Å². The lowest BCUT2D eigenvalue weighted by molar-refractivity contribution is -0.705. The van der Waals surface area contributed by atoms with Crippen LogP contribution >= 0.6 is 0 Å². The highest BCUT2D eigenvalue weighted by molar-refractivity contribution is 5.80. The second-order valence-electron chi connectivity index (χ2n) is 7.93. The Morgan fingerprint density at radius 2 is 1.20 bits per heavy atom. The molecule has 1 heterocycles. The number of hydrogen-bond donors (Lipinski definition) is 1. The largest absolute Gasteiger partial charge is 0.368 e. The smallest absolute Gasteiger partial charge is 0.280 e. The number of quaternary nitrogens is 1. The molecule has 3 aromatic rings. The van der Waals surface area contributed by atoms with E-state index in [0.717, 1.165) is 26.2 Å². The minimum atomic E-state index is -0.140. The third-order valence-electron chi connectivity index (χ3n) is 5.90. The third kappa shape index (κ3) is 4.71. The van der Waals surface area contributed by atoms with Crippen molar-refractivity contribution >= 4 is 11.6 Å². The number of nitrogens with two attached hydrogens (primary N) is 1. The number of piperazine rings is 1. The highest BCUT2D eigenvalue weighted by Crippen LogP contribution is 2.19. The van der Waals surface area contributed by atoms with Crippen LogP contribution in [0.5, 0.6) is 0 Å². The van der Waals surface area contributed by atoms with Crippen LogP contribution in [0.25, 0.3) is 0 Å². The molecule has 0 spiro atoms. The molecule has 1 aliphatic rings. The number of anilines is 1. The Bertz CT molecular complexity index is 883. The van der Waals surface area contributed by atoms with Crippen LogP contribution < -0.4 is 10.2 Å². The number of carbonyl (C=O) groups excluding carboxylic acids is 1. The van der Waals surface area contributed by atoms with Gasteiger partial charge in [-0.2, -0.15) is 0 Å². The minimum Gasteiger partial charge on any atom is -0.368 e. The van der Waals surface area contributed by atoms with E-state index in [-0.39, 0.29) is 18.0 Å². The fraction of sp³-hybridized carbons (Fsp3) is 0.269. The summed E-state index contributed by atoms with van der Waals surface area (Å²) in [4.78, 5) is 17.6. The van der Waals surface area contributed by atoms with E-state index in [1.54, 1.807) is 0 Å². The fourth-order valence-corrected chi connectivity index (χ4v) is 4.22. The highest BCUT2D eigenvalue weighted by Gasteiger charge is 2.30. The van der Waals surface area contributed by atoms with E-state index < -0.39 is 0 Å². The molecule has 4 rings (SSSR count). The van der Waals surface area contributed by atoms with Crippen LogP contribution in [0, 0.1) is 0 Å². The maximum atomic E-state index is 13.2. The van der Waals surface area contributed by atoms with Gasteiger partial charge < -0.3 is 15.1 Å². The summed E-state index contributed by atoms with van der Waals surface area (Å²) >= 11 is 0. The van der Waals surface area contributed by atoms with Gasteiger partial charge in [-0.3, -0.25) is 4.79 Å². The number of nitrogens with zero attached hydrogens (tertiary/aromatic N) is 2. The van der Waals surface area contributed by atoms with Crippen molar-refractivity contribution in [3.8, 4) is 0 Å². The lowest BCUT2D eigenvalue weighted by Gasteiger charge is -2.37. The van der Waals surface area contributed by atoms with Crippen molar-refractivity contribution in [2.24, 2.45) is 0 Å². The van der Waals surface area contributed by atoms with Gasteiger partial charge in [0.15, 0.2) is 6.04 Å². The molecule has 30 heavy (non-hydrogen) atoms. The first-order valence-corrected chi connectivity index (χ1v) is 10.8. The lowest BCUT2D eigenvalue weighted by Crippen LogP contribution is -2.93. The molecule has 4 heteroatoms. The Morgan fingerprint density at radius 3 is 1.70 bits per heavy atom. The standard InChI is InChI=1S/C26H29N3O/c1-21(26(30)29-19-17-28(18-20-29)24-15-9-4-10-16-24)27-25(22-11-5-2-6-12-22)23-13-7-3-8-14-23/h2-16,21,25,27H,17-20H2,1H3/p+1/t21-/m0/s1. The van der Waals surface area contributed by atoms with Crippen molar-refractivity contribution in [2.45, 2.75) is 19.0 Å². The average Bonchev–Trinajstić information content (AvgIpc) is 2.83. The number of amides is 1. The molecule has 1 fully saturated rings. The maximum absolute atomic E-state index is 13.2. The zero-order valence-corrected chi connectivity index (χ0v) is 17.5. The molecule has 1 saturated heterocycles. The van der Waals surface area contributed by atoms with Crippen molar-refractivity contribution in [3.63, 3.8) is 0 Å². The van der Waals surface area contributed by atoms with Gasteiger partial charge in [0.05, 0.1) is 0 Å². The van der Waals surface area contributed by atoms with Crippen molar-refractivity contribution in [2.75, 3.05) is 31.1 Å². The third-order valence-corrected chi connectivity index (χ3v) is 5.90. The predicted molar refractivity (Wildman–Crippen MR) is 121 cm³/mol. The summed E-state index contributed by atoms with van der Waals surface area (Å²) in [5.41, 5.74) is 3.67. The minimum absolute atomic E-state index is 0.108. The van der Waals surface area contributed by atoms with E-state index >= 15 is 0 Å². The Balaban J connectivity index is 1.42. The van der Waals surface area contributed by atoms with Crippen molar-refractivity contribution < 1.29 is 10.1 Å². The van der Waals surface area contributed by atoms with E-state index in [4.69, 9.17) is 0 Å². The fourth-order valence-electron chi connectivity index (χ4n) is 4.22. The molecule has 0 radical (unpaired) electrons. The Kier molecular flexibility index (Phi) is 6.45. The average molecular weight is 401 g/mol. The summed E-state index contributed by atoms with van der Waals surface area (Å²) < 4.78 is 0. The normalized spacial score (nSPS) is 15.3.